The quantitative estimate of drug-likeness (QED) is 0.508. The molecule has 0 aliphatic rings. The zero-order valence-corrected chi connectivity index (χ0v) is 5.95. The molecular formula is C6H10N4O. The first-order valence-corrected chi connectivity index (χ1v) is 3.22. The summed E-state index contributed by atoms with van der Waals surface area (Å²) in [4.78, 5) is 17.1. The Morgan fingerprint density at radius 2 is 2.55 bits per heavy atom. The Morgan fingerprint density at radius 3 is 3.00 bits per heavy atom. The molecule has 1 aromatic heterocycles. The van der Waals surface area contributed by atoms with Gasteiger partial charge in [-0.25, -0.2) is 4.98 Å². The summed E-state index contributed by atoms with van der Waals surface area (Å²) in [5, 5.41) is 0. The van der Waals surface area contributed by atoms with Crippen LogP contribution in [-0.4, -0.2) is 21.9 Å². The van der Waals surface area contributed by atoms with Crippen LogP contribution in [0.4, 0.5) is 0 Å². The number of amides is 1. The van der Waals surface area contributed by atoms with Crippen molar-refractivity contribution in [1.82, 2.24) is 9.97 Å². The second kappa shape index (κ2) is 3.16. The van der Waals surface area contributed by atoms with E-state index in [2.05, 4.69) is 9.97 Å². The third kappa shape index (κ3) is 2.05. The molecule has 5 heteroatoms. The highest BCUT2D eigenvalue weighted by Gasteiger charge is 2.09. The molecule has 0 aliphatic heterocycles. The molecule has 1 atom stereocenters. The first-order chi connectivity index (χ1) is 5.20. The SMILES string of the molecule is NC(=O)C(N)Cc1cnc[nH]1. The predicted molar refractivity (Wildman–Crippen MR) is 39.5 cm³/mol. The Kier molecular flexibility index (Phi) is 2.22. The van der Waals surface area contributed by atoms with Crippen LogP contribution < -0.4 is 11.5 Å². The van der Waals surface area contributed by atoms with Crippen molar-refractivity contribution in [1.29, 1.82) is 0 Å². The van der Waals surface area contributed by atoms with Crippen LogP contribution in [0.5, 0.6) is 0 Å². The van der Waals surface area contributed by atoms with Crippen LogP contribution in [0.2, 0.25) is 0 Å². The fourth-order valence-corrected chi connectivity index (χ4v) is 0.734. The molecule has 0 radical (unpaired) electrons. The standard InChI is InChI=1S/C6H10N4O/c7-5(6(8)11)1-4-2-9-3-10-4/h2-3,5H,1,7H2,(H2,8,11)(H,9,10). The number of carbonyl (C=O) groups is 1. The number of nitrogens with two attached hydrogens (primary N) is 2. The zero-order valence-electron chi connectivity index (χ0n) is 5.95. The number of hydrogen-bond donors (Lipinski definition) is 3. The number of aromatic amines is 1. The predicted octanol–water partition coefficient (Wildman–Crippen LogP) is -1.24. The van der Waals surface area contributed by atoms with Crippen LogP contribution in [0, 0.1) is 0 Å². The molecule has 0 aromatic carbocycles. The van der Waals surface area contributed by atoms with Gasteiger partial charge in [-0.3, -0.25) is 4.79 Å². The normalized spacial score (nSPS) is 12.8. The Labute approximate surface area is 63.8 Å². The van der Waals surface area contributed by atoms with E-state index < -0.39 is 11.9 Å². The molecule has 1 aromatic rings. The number of nitrogens with one attached hydrogen (secondary N) is 1. The number of imidazole rings is 1. The van der Waals surface area contributed by atoms with Gasteiger partial charge < -0.3 is 16.5 Å². The topological polar surface area (TPSA) is 97.8 Å². The van der Waals surface area contributed by atoms with E-state index >= 15 is 0 Å². The lowest BCUT2D eigenvalue weighted by Gasteiger charge is -2.03. The summed E-state index contributed by atoms with van der Waals surface area (Å²) < 4.78 is 0. The summed E-state index contributed by atoms with van der Waals surface area (Å²) in [7, 11) is 0. The molecule has 0 saturated carbocycles. The van der Waals surface area contributed by atoms with Gasteiger partial charge in [0.05, 0.1) is 12.4 Å². The molecule has 1 rings (SSSR count). The van der Waals surface area contributed by atoms with Gasteiger partial charge in [0.25, 0.3) is 0 Å². The molecule has 0 saturated heterocycles. The second-order valence-electron chi connectivity index (χ2n) is 2.29. The summed E-state index contributed by atoms with van der Waals surface area (Å²) in [5.41, 5.74) is 11.2. The molecule has 5 N–H and O–H groups in total. The summed E-state index contributed by atoms with van der Waals surface area (Å²) in [6, 6.07) is -0.629. The lowest BCUT2D eigenvalue weighted by molar-refractivity contribution is -0.119. The lowest BCUT2D eigenvalue weighted by Crippen LogP contribution is -2.38. The van der Waals surface area contributed by atoms with Gasteiger partial charge in [0, 0.05) is 18.3 Å². The van der Waals surface area contributed by atoms with Crippen molar-refractivity contribution in [3.05, 3.63) is 18.2 Å². The van der Waals surface area contributed by atoms with Crippen molar-refractivity contribution >= 4 is 5.91 Å². The zero-order chi connectivity index (χ0) is 8.27. The van der Waals surface area contributed by atoms with E-state index in [1.54, 1.807) is 6.20 Å². The molecule has 5 nitrogen and oxygen atoms in total. The lowest BCUT2D eigenvalue weighted by atomic mass is 10.2. The van der Waals surface area contributed by atoms with Crippen LogP contribution in [-0.2, 0) is 11.2 Å². The van der Waals surface area contributed by atoms with Gasteiger partial charge in [0.1, 0.15) is 0 Å². The van der Waals surface area contributed by atoms with Gasteiger partial charge in [-0.1, -0.05) is 0 Å². The van der Waals surface area contributed by atoms with E-state index in [4.69, 9.17) is 11.5 Å². The van der Waals surface area contributed by atoms with E-state index in [1.165, 1.54) is 6.33 Å². The number of rotatable bonds is 3. The van der Waals surface area contributed by atoms with Gasteiger partial charge in [0.15, 0.2) is 0 Å². The van der Waals surface area contributed by atoms with Crippen molar-refractivity contribution in [2.45, 2.75) is 12.5 Å². The molecule has 1 amide bonds. The van der Waals surface area contributed by atoms with Gasteiger partial charge in [-0.2, -0.15) is 0 Å². The van der Waals surface area contributed by atoms with Crippen LogP contribution in [0.15, 0.2) is 12.5 Å². The van der Waals surface area contributed by atoms with Crippen molar-refractivity contribution in [2.75, 3.05) is 0 Å². The minimum atomic E-state index is -0.629. The Balaban J connectivity index is 2.50. The average molecular weight is 154 g/mol. The Hall–Kier alpha value is -1.36. The molecular weight excluding hydrogens is 144 g/mol. The average Bonchev–Trinajstić information content (AvgIpc) is 2.39. The number of nitrogens with zero attached hydrogens (tertiary/aromatic N) is 1. The van der Waals surface area contributed by atoms with E-state index in [9.17, 15) is 4.79 Å². The second-order valence-corrected chi connectivity index (χ2v) is 2.29. The van der Waals surface area contributed by atoms with Crippen LogP contribution >= 0.6 is 0 Å². The number of primary amides is 1. The fraction of sp³-hybridized carbons (Fsp3) is 0.333. The van der Waals surface area contributed by atoms with Crippen LogP contribution in [0.1, 0.15) is 5.69 Å². The van der Waals surface area contributed by atoms with E-state index in [0.717, 1.165) is 5.69 Å². The molecule has 1 heterocycles. The molecule has 0 aliphatic carbocycles. The monoisotopic (exact) mass is 154 g/mol. The molecule has 11 heavy (non-hydrogen) atoms. The summed E-state index contributed by atoms with van der Waals surface area (Å²) in [6.45, 7) is 0. The van der Waals surface area contributed by atoms with Crippen molar-refractivity contribution in [2.24, 2.45) is 11.5 Å². The highest BCUT2D eigenvalue weighted by molar-refractivity contribution is 5.79. The molecule has 60 valence electrons. The molecule has 0 bridgehead atoms. The summed E-state index contributed by atoms with van der Waals surface area (Å²) >= 11 is 0. The number of carbonyl (C=O) groups excluding carboxylic acids is 1. The van der Waals surface area contributed by atoms with Crippen molar-refractivity contribution < 1.29 is 4.79 Å². The third-order valence-corrected chi connectivity index (χ3v) is 1.36. The van der Waals surface area contributed by atoms with Crippen LogP contribution in [0.3, 0.4) is 0 Å². The van der Waals surface area contributed by atoms with E-state index in [-0.39, 0.29) is 0 Å². The minimum absolute atomic E-state index is 0.412. The third-order valence-electron chi connectivity index (χ3n) is 1.36. The minimum Gasteiger partial charge on any atom is -0.368 e. The maximum absolute atomic E-state index is 10.5. The van der Waals surface area contributed by atoms with Crippen molar-refractivity contribution in [3.63, 3.8) is 0 Å². The molecule has 0 fully saturated rings. The highest BCUT2D eigenvalue weighted by atomic mass is 16.1. The van der Waals surface area contributed by atoms with Gasteiger partial charge >= 0.3 is 0 Å². The number of aromatic nitrogens is 2. The smallest absolute Gasteiger partial charge is 0.234 e. The number of H-pyrrole nitrogens is 1. The van der Waals surface area contributed by atoms with Crippen molar-refractivity contribution in [3.8, 4) is 0 Å². The largest absolute Gasteiger partial charge is 0.368 e. The summed E-state index contributed by atoms with van der Waals surface area (Å²) in [6.07, 6.45) is 3.56. The van der Waals surface area contributed by atoms with Crippen LogP contribution in [0.25, 0.3) is 0 Å². The first kappa shape index (κ1) is 7.74. The van der Waals surface area contributed by atoms with Gasteiger partial charge in [-0.15, -0.1) is 0 Å². The van der Waals surface area contributed by atoms with Gasteiger partial charge in [-0.05, 0) is 0 Å². The Bertz CT molecular complexity index is 231. The van der Waals surface area contributed by atoms with E-state index in [1.807, 2.05) is 0 Å². The highest BCUT2D eigenvalue weighted by Crippen LogP contribution is 1.94. The molecule has 0 spiro atoms. The Morgan fingerprint density at radius 1 is 1.82 bits per heavy atom. The fourth-order valence-electron chi connectivity index (χ4n) is 0.734. The maximum atomic E-state index is 10.5. The maximum Gasteiger partial charge on any atom is 0.234 e. The summed E-state index contributed by atoms with van der Waals surface area (Å²) in [5.74, 6) is -0.500. The molecule has 1 unspecified atom stereocenters. The van der Waals surface area contributed by atoms with E-state index in [0.29, 0.717) is 6.42 Å². The van der Waals surface area contributed by atoms with Gasteiger partial charge in [0.2, 0.25) is 5.91 Å². The first-order valence-electron chi connectivity index (χ1n) is 3.22. The number of hydrogen-bond acceptors (Lipinski definition) is 3.